The van der Waals surface area contributed by atoms with Gasteiger partial charge in [0, 0.05) is 19.8 Å². The Kier molecular flexibility index (Phi) is 7.37. The van der Waals surface area contributed by atoms with Gasteiger partial charge in [0.15, 0.2) is 5.82 Å². The first-order valence-electron chi connectivity index (χ1n) is 10.5. The molecule has 1 heterocycles. The lowest BCUT2D eigenvalue weighted by Crippen LogP contribution is -2.45. The number of nitrogens with zero attached hydrogens (tertiary/aromatic N) is 2. The molecule has 0 unspecified atom stereocenters. The van der Waals surface area contributed by atoms with Crippen LogP contribution in [0.5, 0.6) is 0 Å². The SMILES string of the molecule is CC(=O)NC1(c2noc(CCC(=O)NNc3ccccc3C(F)(F)F)n2)CCCCCC1. The molecule has 3 N–H and O–H groups in total. The molecular weight excluding hydrogens is 427 g/mol. The monoisotopic (exact) mass is 453 g/mol. The Morgan fingerprint density at radius 3 is 2.47 bits per heavy atom. The third-order valence-corrected chi connectivity index (χ3v) is 5.40. The number of amides is 2. The van der Waals surface area contributed by atoms with Crippen molar-refractivity contribution in [3.8, 4) is 0 Å². The number of halogens is 3. The molecule has 3 rings (SSSR count). The molecule has 174 valence electrons. The molecule has 0 radical (unpaired) electrons. The number of aromatic nitrogens is 2. The smallest absolute Gasteiger partial charge is 0.343 e. The second kappa shape index (κ2) is 10.0. The van der Waals surface area contributed by atoms with Gasteiger partial charge in [-0.25, -0.2) is 0 Å². The molecule has 1 aromatic heterocycles. The predicted octanol–water partition coefficient (Wildman–Crippen LogP) is 3.85. The average Bonchev–Trinajstić information content (AvgIpc) is 3.10. The number of para-hydroxylation sites is 1. The zero-order valence-electron chi connectivity index (χ0n) is 17.7. The van der Waals surface area contributed by atoms with E-state index in [1.54, 1.807) is 0 Å². The number of nitrogens with one attached hydrogen (secondary N) is 3. The van der Waals surface area contributed by atoms with Gasteiger partial charge in [0.2, 0.25) is 17.7 Å². The van der Waals surface area contributed by atoms with E-state index in [2.05, 4.69) is 26.3 Å². The van der Waals surface area contributed by atoms with Crippen LogP contribution >= 0.6 is 0 Å². The van der Waals surface area contributed by atoms with E-state index >= 15 is 0 Å². The quantitative estimate of drug-likeness (QED) is 0.434. The first kappa shape index (κ1) is 23.6. The predicted molar refractivity (Wildman–Crippen MR) is 109 cm³/mol. The molecule has 11 heteroatoms. The number of carbonyl (C=O) groups excluding carboxylic acids is 2. The molecule has 1 fully saturated rings. The van der Waals surface area contributed by atoms with E-state index in [1.165, 1.54) is 25.1 Å². The maximum Gasteiger partial charge on any atom is 0.418 e. The molecule has 2 aromatic rings. The van der Waals surface area contributed by atoms with Gasteiger partial charge >= 0.3 is 6.18 Å². The fourth-order valence-corrected chi connectivity index (χ4v) is 3.88. The van der Waals surface area contributed by atoms with Crippen molar-refractivity contribution >= 4 is 17.5 Å². The minimum Gasteiger partial charge on any atom is -0.343 e. The van der Waals surface area contributed by atoms with E-state index < -0.39 is 23.2 Å². The molecular formula is C21H26F3N5O3. The lowest BCUT2D eigenvalue weighted by atomic mass is 9.89. The fourth-order valence-electron chi connectivity index (χ4n) is 3.88. The number of benzene rings is 1. The molecule has 1 aliphatic rings. The van der Waals surface area contributed by atoms with Crippen molar-refractivity contribution in [1.82, 2.24) is 20.9 Å². The number of alkyl halides is 3. The van der Waals surface area contributed by atoms with E-state index in [0.717, 1.165) is 31.7 Å². The highest BCUT2D eigenvalue weighted by Crippen LogP contribution is 2.35. The standard InChI is InChI=1S/C21H26F3N5O3/c1-14(30)26-20(12-6-2-3-7-13-20)19-25-18(32-29-19)11-10-17(31)28-27-16-9-5-4-8-15(16)21(22,23)24/h4-5,8-9,27H,2-3,6-7,10-13H2,1H3,(H,26,30)(H,28,31). The Hall–Kier alpha value is -3.11. The van der Waals surface area contributed by atoms with E-state index in [-0.39, 0.29) is 30.3 Å². The van der Waals surface area contributed by atoms with Gasteiger partial charge < -0.3 is 9.84 Å². The molecule has 0 spiro atoms. The van der Waals surface area contributed by atoms with Crippen molar-refractivity contribution in [3.63, 3.8) is 0 Å². The third kappa shape index (κ3) is 5.98. The Balaban J connectivity index is 1.59. The van der Waals surface area contributed by atoms with E-state index in [9.17, 15) is 22.8 Å². The molecule has 0 saturated heterocycles. The third-order valence-electron chi connectivity index (χ3n) is 5.40. The summed E-state index contributed by atoms with van der Waals surface area (Å²) in [5.74, 6) is -0.0994. The van der Waals surface area contributed by atoms with Gasteiger partial charge in [-0.3, -0.25) is 20.4 Å². The Bertz CT molecular complexity index is 937. The highest BCUT2D eigenvalue weighted by molar-refractivity contribution is 5.77. The van der Waals surface area contributed by atoms with Crippen molar-refractivity contribution in [2.24, 2.45) is 0 Å². The molecule has 32 heavy (non-hydrogen) atoms. The number of aryl methyl sites for hydroxylation is 1. The van der Waals surface area contributed by atoms with Crippen LogP contribution in [0, 0.1) is 0 Å². The summed E-state index contributed by atoms with van der Waals surface area (Å²) in [7, 11) is 0. The molecule has 8 nitrogen and oxygen atoms in total. The van der Waals surface area contributed by atoms with Crippen LogP contribution in [0.1, 0.15) is 69.1 Å². The topological polar surface area (TPSA) is 109 Å². The minimum absolute atomic E-state index is 0.0735. The van der Waals surface area contributed by atoms with Gasteiger partial charge in [-0.2, -0.15) is 18.2 Å². The summed E-state index contributed by atoms with van der Waals surface area (Å²) in [6.07, 6.45) is 0.885. The minimum atomic E-state index is -4.55. The van der Waals surface area contributed by atoms with Gasteiger partial charge in [-0.15, -0.1) is 0 Å². The van der Waals surface area contributed by atoms with Gasteiger partial charge in [-0.1, -0.05) is 43.0 Å². The second-order valence-corrected chi connectivity index (χ2v) is 7.91. The van der Waals surface area contributed by atoms with Crippen molar-refractivity contribution < 1.29 is 27.3 Å². The molecule has 0 aliphatic heterocycles. The first-order valence-corrected chi connectivity index (χ1v) is 10.5. The van der Waals surface area contributed by atoms with E-state index in [0.29, 0.717) is 18.7 Å². The Labute approximate surface area is 183 Å². The summed E-state index contributed by atoms with van der Waals surface area (Å²) < 4.78 is 44.4. The normalized spacial score (nSPS) is 16.1. The summed E-state index contributed by atoms with van der Waals surface area (Å²) in [4.78, 5) is 28.3. The number of carbonyl (C=O) groups is 2. The highest BCUT2D eigenvalue weighted by Gasteiger charge is 2.38. The van der Waals surface area contributed by atoms with Gasteiger partial charge in [0.1, 0.15) is 5.54 Å². The van der Waals surface area contributed by atoms with Gasteiger partial charge in [0.25, 0.3) is 0 Å². The zero-order valence-corrected chi connectivity index (χ0v) is 17.7. The van der Waals surface area contributed by atoms with Crippen molar-refractivity contribution in [2.45, 2.75) is 70.0 Å². The molecule has 0 atom stereocenters. The summed E-state index contributed by atoms with van der Waals surface area (Å²) >= 11 is 0. The lowest BCUT2D eigenvalue weighted by Gasteiger charge is -2.30. The van der Waals surface area contributed by atoms with Crippen molar-refractivity contribution in [1.29, 1.82) is 0 Å². The second-order valence-electron chi connectivity index (χ2n) is 7.91. The summed E-state index contributed by atoms with van der Waals surface area (Å²) in [5, 5.41) is 7.02. The first-order chi connectivity index (χ1) is 15.2. The molecule has 1 aliphatic carbocycles. The van der Waals surface area contributed by atoms with Crippen LogP contribution in [-0.4, -0.2) is 22.0 Å². The maximum atomic E-state index is 13.0. The van der Waals surface area contributed by atoms with Crippen molar-refractivity contribution in [3.05, 3.63) is 41.5 Å². The van der Waals surface area contributed by atoms with Crippen LogP contribution in [0.25, 0.3) is 0 Å². The molecule has 1 aromatic carbocycles. The van der Waals surface area contributed by atoms with Crippen LogP contribution in [0.3, 0.4) is 0 Å². The number of rotatable bonds is 7. The molecule has 0 bridgehead atoms. The van der Waals surface area contributed by atoms with Gasteiger partial charge in [0.05, 0.1) is 11.3 Å². The van der Waals surface area contributed by atoms with Crippen LogP contribution in [0.2, 0.25) is 0 Å². The number of hydrogen-bond donors (Lipinski definition) is 3. The largest absolute Gasteiger partial charge is 0.418 e. The summed E-state index contributed by atoms with van der Waals surface area (Å²) in [6, 6.07) is 4.85. The molecule has 2 amide bonds. The van der Waals surface area contributed by atoms with Crippen LogP contribution < -0.4 is 16.2 Å². The number of anilines is 1. The van der Waals surface area contributed by atoms with E-state index in [4.69, 9.17) is 4.52 Å². The average molecular weight is 453 g/mol. The molecule has 1 saturated carbocycles. The van der Waals surface area contributed by atoms with Gasteiger partial charge in [-0.05, 0) is 25.0 Å². The zero-order chi connectivity index (χ0) is 23.2. The van der Waals surface area contributed by atoms with Crippen LogP contribution in [0.15, 0.2) is 28.8 Å². The Morgan fingerprint density at radius 2 is 1.81 bits per heavy atom. The maximum absolute atomic E-state index is 13.0. The lowest BCUT2D eigenvalue weighted by molar-refractivity contribution is -0.137. The fraction of sp³-hybridized carbons (Fsp3) is 0.524. The Morgan fingerprint density at radius 1 is 1.12 bits per heavy atom. The highest BCUT2D eigenvalue weighted by atomic mass is 19.4. The van der Waals surface area contributed by atoms with Crippen LogP contribution in [-0.2, 0) is 27.7 Å². The van der Waals surface area contributed by atoms with E-state index in [1.807, 2.05) is 0 Å². The summed E-state index contributed by atoms with van der Waals surface area (Å²) in [6.45, 7) is 1.45. The number of hydrogen-bond acceptors (Lipinski definition) is 6. The van der Waals surface area contributed by atoms with Crippen molar-refractivity contribution in [2.75, 3.05) is 5.43 Å². The van der Waals surface area contributed by atoms with Crippen LogP contribution in [0.4, 0.5) is 18.9 Å². The summed E-state index contributed by atoms with van der Waals surface area (Å²) in [5.41, 5.74) is 2.75. The number of hydrazine groups is 1.